The summed E-state index contributed by atoms with van der Waals surface area (Å²) in [4.78, 5) is 13.0. The van der Waals surface area contributed by atoms with Gasteiger partial charge in [-0.2, -0.15) is 0 Å². The summed E-state index contributed by atoms with van der Waals surface area (Å²) in [5.74, 6) is 0. The highest BCUT2D eigenvalue weighted by Gasteiger charge is 2.25. The minimum atomic E-state index is -0.216. The lowest BCUT2D eigenvalue weighted by Gasteiger charge is -2.25. The monoisotopic (exact) mass is 172 g/mol. The molecule has 0 spiro atoms. The van der Waals surface area contributed by atoms with Crippen molar-refractivity contribution < 1.29 is 9.53 Å². The molecule has 1 rings (SSSR count). The molecular weight excluding hydrogens is 156 g/mol. The number of likely N-dealkylation sites (N-methyl/N-ethyl adjacent to an activating group) is 1. The fraction of sp³-hybridized carbons (Fsp3) is 0.875. The molecule has 1 fully saturated rings. The Labute approximate surface area is 72.9 Å². The van der Waals surface area contributed by atoms with Crippen molar-refractivity contribution in [1.82, 2.24) is 10.2 Å². The van der Waals surface area contributed by atoms with E-state index in [-0.39, 0.29) is 6.09 Å². The summed E-state index contributed by atoms with van der Waals surface area (Å²) in [6.45, 7) is 4.58. The lowest BCUT2D eigenvalue weighted by molar-refractivity contribution is 0.111. The van der Waals surface area contributed by atoms with Gasteiger partial charge >= 0.3 is 6.09 Å². The summed E-state index contributed by atoms with van der Waals surface area (Å²) in [6.07, 6.45) is 0.814. The quantitative estimate of drug-likeness (QED) is 0.657. The zero-order valence-corrected chi connectivity index (χ0v) is 7.67. The first-order valence-corrected chi connectivity index (χ1v) is 4.35. The Balaban J connectivity index is 2.48. The van der Waals surface area contributed by atoms with Crippen LogP contribution in [0.15, 0.2) is 0 Å². The molecule has 1 saturated heterocycles. The summed E-state index contributed by atoms with van der Waals surface area (Å²) < 4.78 is 4.67. The van der Waals surface area contributed by atoms with Gasteiger partial charge in [-0.1, -0.05) is 0 Å². The van der Waals surface area contributed by atoms with Crippen molar-refractivity contribution in [3.63, 3.8) is 0 Å². The van der Waals surface area contributed by atoms with Crippen LogP contribution in [0.5, 0.6) is 0 Å². The summed E-state index contributed by atoms with van der Waals surface area (Å²) >= 11 is 0. The maximum Gasteiger partial charge on any atom is 0.409 e. The predicted molar refractivity (Wildman–Crippen MR) is 46.1 cm³/mol. The normalized spacial score (nSPS) is 22.3. The lowest BCUT2D eigenvalue weighted by atomic mass is 10.2. The van der Waals surface area contributed by atoms with Crippen molar-refractivity contribution in [3.8, 4) is 0 Å². The van der Waals surface area contributed by atoms with Gasteiger partial charge in [0.1, 0.15) is 0 Å². The molecule has 12 heavy (non-hydrogen) atoms. The average Bonchev–Trinajstić information content (AvgIpc) is 2.58. The number of hydrogen-bond acceptors (Lipinski definition) is 3. The molecule has 1 amide bonds. The zero-order valence-electron chi connectivity index (χ0n) is 7.67. The Bertz CT molecular complexity index is 155. The first-order valence-electron chi connectivity index (χ1n) is 4.35. The summed E-state index contributed by atoms with van der Waals surface area (Å²) in [6, 6.07) is 0.322. The molecule has 0 radical (unpaired) electrons. The minimum Gasteiger partial charge on any atom is -0.453 e. The first kappa shape index (κ1) is 9.32. The molecule has 4 nitrogen and oxygen atoms in total. The van der Waals surface area contributed by atoms with Crippen LogP contribution in [0.2, 0.25) is 0 Å². The Hall–Kier alpha value is -0.770. The van der Waals surface area contributed by atoms with Crippen molar-refractivity contribution in [2.24, 2.45) is 0 Å². The Morgan fingerprint density at radius 2 is 2.50 bits per heavy atom. The zero-order chi connectivity index (χ0) is 8.97. The topological polar surface area (TPSA) is 41.6 Å². The molecule has 1 aliphatic rings. The van der Waals surface area contributed by atoms with Crippen LogP contribution in [0.4, 0.5) is 4.79 Å². The average molecular weight is 172 g/mol. The third kappa shape index (κ3) is 1.88. The van der Waals surface area contributed by atoms with Crippen LogP contribution in [0, 0.1) is 0 Å². The molecule has 0 unspecified atom stereocenters. The van der Waals surface area contributed by atoms with Crippen LogP contribution in [-0.4, -0.2) is 43.8 Å². The molecule has 0 aromatic carbocycles. The van der Waals surface area contributed by atoms with Crippen LogP contribution in [0.3, 0.4) is 0 Å². The molecule has 0 aromatic heterocycles. The van der Waals surface area contributed by atoms with E-state index in [4.69, 9.17) is 0 Å². The van der Waals surface area contributed by atoms with E-state index in [0.29, 0.717) is 6.04 Å². The minimum absolute atomic E-state index is 0.216. The fourth-order valence-corrected chi connectivity index (χ4v) is 1.56. The van der Waals surface area contributed by atoms with Gasteiger partial charge in [-0.25, -0.2) is 4.79 Å². The largest absolute Gasteiger partial charge is 0.453 e. The highest BCUT2D eigenvalue weighted by atomic mass is 16.5. The highest BCUT2D eigenvalue weighted by molar-refractivity contribution is 5.67. The van der Waals surface area contributed by atoms with Gasteiger partial charge in [-0.15, -0.1) is 0 Å². The number of carbonyl (C=O) groups is 1. The van der Waals surface area contributed by atoms with Crippen molar-refractivity contribution >= 4 is 6.09 Å². The molecule has 70 valence electrons. The Morgan fingerprint density at radius 1 is 1.75 bits per heavy atom. The number of nitrogens with one attached hydrogen (secondary N) is 1. The molecule has 1 atom stereocenters. The molecule has 4 heteroatoms. The highest BCUT2D eigenvalue weighted by Crippen LogP contribution is 2.08. The molecule has 1 N–H and O–H groups in total. The smallest absolute Gasteiger partial charge is 0.409 e. The van der Waals surface area contributed by atoms with Crippen molar-refractivity contribution in [3.05, 3.63) is 0 Å². The van der Waals surface area contributed by atoms with Gasteiger partial charge in [0, 0.05) is 19.1 Å². The van der Waals surface area contributed by atoms with Crippen LogP contribution in [0.25, 0.3) is 0 Å². The summed E-state index contributed by atoms with van der Waals surface area (Å²) in [5, 5.41) is 3.22. The fourth-order valence-electron chi connectivity index (χ4n) is 1.56. The second-order valence-corrected chi connectivity index (χ2v) is 2.90. The summed E-state index contributed by atoms with van der Waals surface area (Å²) in [7, 11) is 1.42. The lowest BCUT2D eigenvalue weighted by Crippen LogP contribution is -2.41. The van der Waals surface area contributed by atoms with Gasteiger partial charge in [-0.3, -0.25) is 0 Å². The molecule has 0 saturated carbocycles. The van der Waals surface area contributed by atoms with Gasteiger partial charge in [0.25, 0.3) is 0 Å². The van der Waals surface area contributed by atoms with Gasteiger partial charge in [0.05, 0.1) is 7.11 Å². The number of ether oxygens (including phenoxy) is 1. The predicted octanol–water partition coefficient (Wildman–Crippen LogP) is 0.437. The van der Waals surface area contributed by atoms with E-state index in [1.807, 2.05) is 6.92 Å². The van der Waals surface area contributed by atoms with E-state index < -0.39 is 0 Å². The van der Waals surface area contributed by atoms with Gasteiger partial charge < -0.3 is 15.0 Å². The standard InChI is InChI=1S/C8H16N2O2/c1-3-10(8(11)12-2)7-4-5-9-6-7/h7,9H,3-6H2,1-2H3/t7-/m1/s1. The Morgan fingerprint density at radius 3 is 2.92 bits per heavy atom. The molecule has 0 aliphatic carbocycles. The van der Waals surface area contributed by atoms with E-state index >= 15 is 0 Å². The maximum absolute atomic E-state index is 11.2. The van der Waals surface area contributed by atoms with Crippen LogP contribution in [0.1, 0.15) is 13.3 Å². The van der Waals surface area contributed by atoms with E-state index in [1.165, 1.54) is 7.11 Å². The third-order valence-corrected chi connectivity index (χ3v) is 2.22. The van der Waals surface area contributed by atoms with Crippen molar-refractivity contribution in [2.75, 3.05) is 26.7 Å². The van der Waals surface area contributed by atoms with Crippen LogP contribution < -0.4 is 5.32 Å². The van der Waals surface area contributed by atoms with E-state index in [9.17, 15) is 4.79 Å². The molecule has 1 aliphatic heterocycles. The van der Waals surface area contributed by atoms with Crippen LogP contribution >= 0.6 is 0 Å². The molecule has 0 bridgehead atoms. The number of hydrogen-bond donors (Lipinski definition) is 1. The number of amides is 1. The third-order valence-electron chi connectivity index (χ3n) is 2.22. The number of carbonyl (C=O) groups excluding carboxylic acids is 1. The first-order chi connectivity index (χ1) is 5.79. The molecule has 1 heterocycles. The van der Waals surface area contributed by atoms with E-state index in [2.05, 4.69) is 10.1 Å². The second kappa shape index (κ2) is 4.30. The van der Waals surface area contributed by atoms with Crippen molar-refractivity contribution in [1.29, 1.82) is 0 Å². The number of nitrogens with zero attached hydrogens (tertiary/aromatic N) is 1. The van der Waals surface area contributed by atoms with E-state index in [1.54, 1.807) is 4.90 Å². The van der Waals surface area contributed by atoms with Crippen molar-refractivity contribution in [2.45, 2.75) is 19.4 Å². The number of rotatable bonds is 2. The SMILES string of the molecule is CCN(C(=O)OC)[C@@H]1CCNC1. The molecule has 0 aromatic rings. The van der Waals surface area contributed by atoms with Gasteiger partial charge in [0.15, 0.2) is 0 Å². The van der Waals surface area contributed by atoms with Gasteiger partial charge in [-0.05, 0) is 19.9 Å². The van der Waals surface area contributed by atoms with Gasteiger partial charge in [0.2, 0.25) is 0 Å². The Kier molecular flexibility index (Phi) is 3.34. The molecular formula is C8H16N2O2. The number of methoxy groups -OCH3 is 1. The maximum atomic E-state index is 11.2. The van der Waals surface area contributed by atoms with Crippen LogP contribution in [-0.2, 0) is 4.74 Å². The van der Waals surface area contributed by atoms with E-state index in [0.717, 1.165) is 26.1 Å². The summed E-state index contributed by atoms with van der Waals surface area (Å²) in [5.41, 5.74) is 0. The second-order valence-electron chi connectivity index (χ2n) is 2.90.